The summed E-state index contributed by atoms with van der Waals surface area (Å²) >= 11 is 0. The third-order valence-electron chi connectivity index (χ3n) is 1.38. The molecule has 0 unspecified atom stereocenters. The van der Waals surface area contributed by atoms with E-state index in [1.807, 2.05) is 0 Å². The normalized spacial score (nSPS) is 26.8. The second kappa shape index (κ2) is 3.32. The zero-order valence-corrected chi connectivity index (χ0v) is 6.52. The van der Waals surface area contributed by atoms with E-state index in [-0.39, 0.29) is 0 Å². The van der Waals surface area contributed by atoms with Crippen LogP contribution in [0.15, 0.2) is 0 Å². The van der Waals surface area contributed by atoms with E-state index in [1.54, 1.807) is 0 Å². The zero-order valence-electron chi connectivity index (χ0n) is 5.71. The first-order valence-electron chi connectivity index (χ1n) is 3.39. The van der Waals surface area contributed by atoms with Crippen LogP contribution < -0.4 is 9.44 Å². The van der Waals surface area contributed by atoms with Crippen LogP contribution in [0, 0.1) is 0 Å². The van der Waals surface area contributed by atoms with E-state index in [9.17, 15) is 8.42 Å². The van der Waals surface area contributed by atoms with Crippen LogP contribution in [0.1, 0.15) is 19.3 Å². The Kier molecular flexibility index (Phi) is 2.64. The molecule has 1 heterocycles. The Morgan fingerprint density at radius 3 is 2.80 bits per heavy atom. The van der Waals surface area contributed by atoms with Crippen LogP contribution in [0.2, 0.25) is 0 Å². The van der Waals surface area contributed by atoms with Gasteiger partial charge in [0.05, 0.1) is 0 Å². The highest BCUT2D eigenvalue weighted by molar-refractivity contribution is 7.87. The molecule has 1 saturated heterocycles. The van der Waals surface area contributed by atoms with E-state index in [0.29, 0.717) is 13.1 Å². The Labute approximate surface area is 61.2 Å². The Bertz CT molecular complexity index is 174. The minimum absolute atomic E-state index is 0.440. The van der Waals surface area contributed by atoms with Crippen LogP contribution >= 0.6 is 0 Å². The number of hydrogen-bond acceptors (Lipinski definition) is 2. The predicted octanol–water partition coefficient (Wildman–Crippen LogP) is -0.391. The molecule has 1 N–H and O–H groups in total. The molecule has 5 heteroatoms. The molecule has 0 atom stereocenters. The Morgan fingerprint density at radius 1 is 1.20 bits per heavy atom. The van der Waals surface area contributed by atoms with Crippen molar-refractivity contribution >= 4 is 10.2 Å². The lowest BCUT2D eigenvalue weighted by Gasteiger charge is -2.09. The van der Waals surface area contributed by atoms with E-state index in [1.165, 1.54) is 0 Å². The van der Waals surface area contributed by atoms with Gasteiger partial charge < -0.3 is 0 Å². The van der Waals surface area contributed by atoms with Crippen molar-refractivity contribution in [2.75, 3.05) is 13.1 Å². The van der Waals surface area contributed by atoms with Gasteiger partial charge in [-0.05, 0) is 12.8 Å². The summed E-state index contributed by atoms with van der Waals surface area (Å²) in [6.45, 7) is 0.973. The summed E-state index contributed by atoms with van der Waals surface area (Å²) in [6.07, 6.45) is 2.88. The fourth-order valence-electron chi connectivity index (χ4n) is 0.845. The molecule has 0 spiro atoms. The second-order valence-corrected chi connectivity index (χ2v) is 3.78. The molecule has 1 fully saturated rings. The maximum atomic E-state index is 10.7. The quantitative estimate of drug-likeness (QED) is 0.528. The van der Waals surface area contributed by atoms with E-state index in [2.05, 4.69) is 9.44 Å². The van der Waals surface area contributed by atoms with Crippen LogP contribution in [0.5, 0.6) is 0 Å². The maximum absolute atomic E-state index is 10.7. The molecule has 0 aromatic carbocycles. The summed E-state index contributed by atoms with van der Waals surface area (Å²) in [7, 11) is -3.27. The zero-order chi connectivity index (χ0) is 7.45. The molecule has 0 bridgehead atoms. The average molecular weight is 163 g/mol. The molecular formula is C5H11N2O2S. The molecule has 0 amide bonds. The van der Waals surface area contributed by atoms with Gasteiger partial charge in [0, 0.05) is 13.1 Å². The molecular weight excluding hydrogens is 152 g/mol. The Balaban J connectivity index is 2.46. The fraction of sp³-hybridized carbons (Fsp3) is 1.00. The standard InChI is InChI=1S/C5H11N2O2S/c8-10(9)6-4-2-1-3-5-7-10/h6H,1-5H2. The lowest BCUT2D eigenvalue weighted by molar-refractivity contribution is 0.539. The van der Waals surface area contributed by atoms with Gasteiger partial charge in [-0.3, -0.25) is 0 Å². The average Bonchev–Trinajstić information content (AvgIpc) is 1.81. The number of hydrogen-bond donors (Lipinski definition) is 1. The molecule has 1 aliphatic rings. The van der Waals surface area contributed by atoms with Crippen molar-refractivity contribution < 1.29 is 8.42 Å². The highest BCUT2D eigenvalue weighted by Gasteiger charge is 2.11. The third-order valence-corrected chi connectivity index (χ3v) is 2.47. The van der Waals surface area contributed by atoms with Gasteiger partial charge in [0.1, 0.15) is 0 Å². The summed E-state index contributed by atoms with van der Waals surface area (Å²) in [6, 6.07) is 0. The molecule has 1 radical (unpaired) electrons. The smallest absolute Gasteiger partial charge is 0.201 e. The van der Waals surface area contributed by atoms with Gasteiger partial charge in [-0.25, -0.2) is 4.72 Å². The van der Waals surface area contributed by atoms with Crippen molar-refractivity contribution in [3.8, 4) is 0 Å². The van der Waals surface area contributed by atoms with Gasteiger partial charge in [0.15, 0.2) is 0 Å². The predicted molar refractivity (Wildman–Crippen MR) is 37.8 cm³/mol. The van der Waals surface area contributed by atoms with Gasteiger partial charge in [0.25, 0.3) is 10.2 Å². The SMILES string of the molecule is O=S1(=O)[N]CCCCCN1. The largest absolute Gasteiger partial charge is 0.293 e. The van der Waals surface area contributed by atoms with Crippen LogP contribution in [-0.2, 0) is 10.2 Å². The maximum Gasteiger partial charge on any atom is 0.293 e. The van der Waals surface area contributed by atoms with Gasteiger partial charge >= 0.3 is 0 Å². The number of nitrogens with zero attached hydrogens (tertiary/aromatic N) is 1. The highest BCUT2D eigenvalue weighted by atomic mass is 32.2. The van der Waals surface area contributed by atoms with Crippen LogP contribution in [0.3, 0.4) is 0 Å². The van der Waals surface area contributed by atoms with E-state index < -0.39 is 10.2 Å². The molecule has 4 nitrogen and oxygen atoms in total. The summed E-state index contributed by atoms with van der Waals surface area (Å²) in [5.74, 6) is 0. The lowest BCUT2D eigenvalue weighted by atomic mass is 10.2. The van der Waals surface area contributed by atoms with Crippen LogP contribution in [0.25, 0.3) is 0 Å². The second-order valence-electron chi connectivity index (χ2n) is 2.28. The van der Waals surface area contributed by atoms with E-state index in [0.717, 1.165) is 19.3 Å². The van der Waals surface area contributed by atoms with Gasteiger partial charge in [-0.2, -0.15) is 8.42 Å². The summed E-state index contributed by atoms with van der Waals surface area (Å²) in [5, 5.41) is 0. The first-order valence-corrected chi connectivity index (χ1v) is 4.83. The van der Waals surface area contributed by atoms with Crippen molar-refractivity contribution in [3.63, 3.8) is 0 Å². The number of rotatable bonds is 0. The topological polar surface area (TPSA) is 60.3 Å². The minimum atomic E-state index is -3.27. The van der Waals surface area contributed by atoms with Crippen LogP contribution in [0.4, 0.5) is 0 Å². The lowest BCUT2D eigenvalue weighted by Crippen LogP contribution is -2.34. The molecule has 1 rings (SSSR count). The monoisotopic (exact) mass is 163 g/mol. The fourth-order valence-corrected chi connectivity index (χ4v) is 1.71. The van der Waals surface area contributed by atoms with E-state index in [4.69, 9.17) is 0 Å². The first-order chi connectivity index (χ1) is 4.71. The molecule has 0 aromatic heterocycles. The van der Waals surface area contributed by atoms with Gasteiger partial charge in [0.2, 0.25) is 0 Å². The molecule has 10 heavy (non-hydrogen) atoms. The van der Waals surface area contributed by atoms with Gasteiger partial charge in [-0.1, -0.05) is 6.42 Å². The first kappa shape index (κ1) is 7.97. The van der Waals surface area contributed by atoms with Crippen molar-refractivity contribution in [2.45, 2.75) is 19.3 Å². The molecule has 0 aromatic rings. The van der Waals surface area contributed by atoms with Crippen molar-refractivity contribution in [1.29, 1.82) is 0 Å². The van der Waals surface area contributed by atoms with Crippen molar-refractivity contribution in [2.24, 2.45) is 0 Å². The molecule has 0 saturated carbocycles. The van der Waals surface area contributed by atoms with Crippen molar-refractivity contribution in [3.05, 3.63) is 0 Å². The van der Waals surface area contributed by atoms with Gasteiger partial charge in [-0.15, -0.1) is 4.72 Å². The summed E-state index contributed by atoms with van der Waals surface area (Å²) < 4.78 is 27.3. The molecule has 0 aliphatic carbocycles. The minimum Gasteiger partial charge on any atom is -0.201 e. The summed E-state index contributed by atoms with van der Waals surface area (Å²) in [4.78, 5) is 0. The Hall–Kier alpha value is -0.130. The number of nitrogens with one attached hydrogen (secondary N) is 1. The Morgan fingerprint density at radius 2 is 2.00 bits per heavy atom. The highest BCUT2D eigenvalue weighted by Crippen LogP contribution is 1.97. The van der Waals surface area contributed by atoms with E-state index >= 15 is 0 Å². The molecule has 59 valence electrons. The third kappa shape index (κ3) is 2.64. The molecule has 1 aliphatic heterocycles. The van der Waals surface area contributed by atoms with Crippen molar-refractivity contribution in [1.82, 2.24) is 9.44 Å². The van der Waals surface area contributed by atoms with Crippen LogP contribution in [-0.4, -0.2) is 21.5 Å². The summed E-state index contributed by atoms with van der Waals surface area (Å²) in [5.41, 5.74) is 0.